The number of hydrogen-bond acceptors (Lipinski definition) is 1. The molecule has 0 saturated heterocycles. The molecule has 0 spiro atoms. The minimum absolute atomic E-state index is 0.946. The summed E-state index contributed by atoms with van der Waals surface area (Å²) < 4.78 is 0. The molecule has 1 aliphatic heterocycles. The van der Waals surface area contributed by atoms with Gasteiger partial charge in [-0.25, -0.2) is 0 Å². The van der Waals surface area contributed by atoms with Gasteiger partial charge in [-0.1, -0.05) is 54.6 Å². The van der Waals surface area contributed by atoms with Gasteiger partial charge in [-0.15, -0.1) is 0 Å². The summed E-state index contributed by atoms with van der Waals surface area (Å²) in [6.45, 7) is 0. The first-order valence-electron chi connectivity index (χ1n) is 6.56. The zero-order chi connectivity index (χ0) is 12.7. The van der Waals surface area contributed by atoms with Crippen LogP contribution in [0.3, 0.4) is 0 Å². The Morgan fingerprint density at radius 1 is 0.895 bits per heavy atom. The van der Waals surface area contributed by atoms with Gasteiger partial charge >= 0.3 is 0 Å². The normalized spacial score (nSPS) is 15.6. The van der Waals surface area contributed by atoms with E-state index in [0.29, 0.717) is 0 Å². The van der Waals surface area contributed by atoms with Crippen molar-refractivity contribution in [3.63, 3.8) is 0 Å². The lowest BCUT2D eigenvalue weighted by molar-refractivity contribution is 1.44. The summed E-state index contributed by atoms with van der Waals surface area (Å²) in [6.07, 6.45) is 7.40. The molecule has 1 nitrogen and oxygen atoms in total. The number of fused-ring (bicyclic) bond motifs is 3. The van der Waals surface area contributed by atoms with Crippen LogP contribution < -0.4 is 0 Å². The quantitative estimate of drug-likeness (QED) is 0.683. The SMILES string of the molecule is C1=CCC2=Nc3ccc(-c4ccccc4)cc3C2=C1. The molecular formula is C18H13N. The zero-order valence-corrected chi connectivity index (χ0v) is 10.5. The van der Waals surface area contributed by atoms with Crippen LogP contribution >= 0.6 is 0 Å². The lowest BCUT2D eigenvalue weighted by atomic mass is 9.94. The van der Waals surface area contributed by atoms with Crippen LogP contribution in [0, 0.1) is 0 Å². The van der Waals surface area contributed by atoms with E-state index >= 15 is 0 Å². The molecule has 90 valence electrons. The van der Waals surface area contributed by atoms with E-state index in [4.69, 9.17) is 4.99 Å². The number of aliphatic imine (C=N–C) groups is 1. The molecule has 4 rings (SSSR count). The summed E-state index contributed by atoms with van der Waals surface area (Å²) in [5.41, 5.74) is 7.36. The molecule has 2 aromatic carbocycles. The van der Waals surface area contributed by atoms with E-state index in [1.54, 1.807) is 0 Å². The topological polar surface area (TPSA) is 12.4 Å². The van der Waals surface area contributed by atoms with Crippen molar-refractivity contribution in [3.05, 3.63) is 72.3 Å². The fourth-order valence-corrected chi connectivity index (χ4v) is 2.71. The molecule has 0 fully saturated rings. The van der Waals surface area contributed by atoms with E-state index in [1.807, 2.05) is 6.07 Å². The van der Waals surface area contributed by atoms with Crippen LogP contribution in [0.5, 0.6) is 0 Å². The van der Waals surface area contributed by atoms with E-state index in [2.05, 4.69) is 60.7 Å². The van der Waals surface area contributed by atoms with Gasteiger partial charge in [0.1, 0.15) is 0 Å². The number of benzene rings is 2. The highest BCUT2D eigenvalue weighted by Gasteiger charge is 2.21. The molecule has 0 saturated carbocycles. The van der Waals surface area contributed by atoms with Gasteiger partial charge in [0.05, 0.1) is 11.4 Å². The highest BCUT2D eigenvalue weighted by atomic mass is 14.8. The largest absolute Gasteiger partial charge is 0.252 e. The van der Waals surface area contributed by atoms with Gasteiger partial charge in [0.2, 0.25) is 0 Å². The molecular weight excluding hydrogens is 230 g/mol. The Morgan fingerprint density at radius 3 is 2.68 bits per heavy atom. The van der Waals surface area contributed by atoms with Gasteiger partial charge in [0.25, 0.3) is 0 Å². The Labute approximate surface area is 112 Å². The molecule has 1 heterocycles. The van der Waals surface area contributed by atoms with Crippen LogP contribution in [0.1, 0.15) is 12.0 Å². The van der Waals surface area contributed by atoms with Crippen molar-refractivity contribution in [1.82, 2.24) is 0 Å². The number of allylic oxidation sites excluding steroid dienone is 4. The number of rotatable bonds is 1. The van der Waals surface area contributed by atoms with Gasteiger partial charge in [-0.2, -0.15) is 0 Å². The Morgan fingerprint density at radius 2 is 1.79 bits per heavy atom. The van der Waals surface area contributed by atoms with Crippen molar-refractivity contribution >= 4 is 17.0 Å². The minimum atomic E-state index is 0.946. The molecule has 0 unspecified atom stereocenters. The lowest BCUT2D eigenvalue weighted by Gasteiger charge is -2.08. The third kappa shape index (κ3) is 1.66. The van der Waals surface area contributed by atoms with Gasteiger partial charge < -0.3 is 0 Å². The molecule has 1 heteroatoms. The highest BCUT2D eigenvalue weighted by Crippen LogP contribution is 2.39. The predicted molar refractivity (Wildman–Crippen MR) is 80.7 cm³/mol. The van der Waals surface area contributed by atoms with E-state index in [9.17, 15) is 0 Å². The van der Waals surface area contributed by atoms with Crippen molar-refractivity contribution < 1.29 is 0 Å². The molecule has 0 atom stereocenters. The van der Waals surface area contributed by atoms with Gasteiger partial charge in [-0.3, -0.25) is 4.99 Å². The zero-order valence-electron chi connectivity index (χ0n) is 10.5. The molecule has 0 aromatic heterocycles. The van der Waals surface area contributed by atoms with E-state index in [-0.39, 0.29) is 0 Å². The number of nitrogens with zero attached hydrogens (tertiary/aromatic N) is 1. The highest BCUT2D eigenvalue weighted by molar-refractivity contribution is 6.30. The summed E-state index contributed by atoms with van der Waals surface area (Å²) in [5.74, 6) is 0. The first-order valence-corrected chi connectivity index (χ1v) is 6.56. The molecule has 1 aliphatic carbocycles. The second-order valence-electron chi connectivity index (χ2n) is 4.87. The van der Waals surface area contributed by atoms with Crippen LogP contribution in [0.15, 0.2) is 71.8 Å². The fraction of sp³-hybridized carbons (Fsp3) is 0.0556. The molecule has 0 amide bonds. The van der Waals surface area contributed by atoms with Crippen molar-refractivity contribution in [2.45, 2.75) is 6.42 Å². The second kappa shape index (κ2) is 4.06. The summed E-state index contributed by atoms with van der Waals surface area (Å²) in [4.78, 5) is 4.71. The van der Waals surface area contributed by atoms with Crippen molar-refractivity contribution in [1.29, 1.82) is 0 Å². The molecule has 0 radical (unpaired) electrons. The van der Waals surface area contributed by atoms with E-state index < -0.39 is 0 Å². The fourth-order valence-electron chi connectivity index (χ4n) is 2.71. The van der Waals surface area contributed by atoms with Crippen LogP contribution in [-0.2, 0) is 0 Å². The van der Waals surface area contributed by atoms with Crippen LogP contribution in [0.4, 0.5) is 5.69 Å². The van der Waals surface area contributed by atoms with Crippen molar-refractivity contribution in [2.75, 3.05) is 0 Å². The average molecular weight is 243 g/mol. The van der Waals surface area contributed by atoms with Gasteiger partial charge in [-0.05, 0) is 23.3 Å². The van der Waals surface area contributed by atoms with Crippen LogP contribution in [0.2, 0.25) is 0 Å². The van der Waals surface area contributed by atoms with Gasteiger partial charge in [0.15, 0.2) is 0 Å². The molecule has 2 aromatic rings. The average Bonchev–Trinajstić information content (AvgIpc) is 2.86. The molecule has 0 bridgehead atoms. The van der Waals surface area contributed by atoms with Crippen molar-refractivity contribution in [2.24, 2.45) is 4.99 Å². The molecule has 2 aliphatic rings. The molecule has 0 N–H and O–H groups in total. The van der Waals surface area contributed by atoms with Gasteiger partial charge in [0, 0.05) is 17.6 Å². The summed E-state index contributed by atoms with van der Waals surface area (Å²) in [6, 6.07) is 17.0. The smallest absolute Gasteiger partial charge is 0.0712 e. The maximum Gasteiger partial charge on any atom is 0.0712 e. The third-order valence-electron chi connectivity index (χ3n) is 3.67. The maximum absolute atomic E-state index is 4.71. The van der Waals surface area contributed by atoms with Crippen molar-refractivity contribution in [3.8, 4) is 11.1 Å². The monoisotopic (exact) mass is 243 g/mol. The third-order valence-corrected chi connectivity index (χ3v) is 3.67. The van der Waals surface area contributed by atoms with Crippen LogP contribution in [0.25, 0.3) is 16.7 Å². The second-order valence-corrected chi connectivity index (χ2v) is 4.87. The summed E-state index contributed by atoms with van der Waals surface area (Å²) in [5, 5.41) is 0. The Kier molecular flexibility index (Phi) is 2.25. The van der Waals surface area contributed by atoms with E-state index in [0.717, 1.165) is 12.1 Å². The lowest BCUT2D eigenvalue weighted by Crippen LogP contribution is -1.98. The number of hydrogen-bond donors (Lipinski definition) is 0. The Hall–Kier alpha value is -2.41. The summed E-state index contributed by atoms with van der Waals surface area (Å²) in [7, 11) is 0. The standard InChI is InChI=1S/C18H13N/c1-2-6-13(7-3-1)14-10-11-18-16(12-14)15-8-4-5-9-17(15)19-18/h1-8,10-12H,9H2. The summed E-state index contributed by atoms with van der Waals surface area (Å²) >= 11 is 0. The Bertz CT molecular complexity index is 734. The Balaban J connectivity index is 1.86. The predicted octanol–water partition coefficient (Wildman–Crippen LogP) is 4.78. The molecule has 19 heavy (non-hydrogen) atoms. The first-order chi connectivity index (χ1) is 9.42. The minimum Gasteiger partial charge on any atom is -0.252 e. The van der Waals surface area contributed by atoms with E-state index in [1.165, 1.54) is 28.0 Å². The maximum atomic E-state index is 4.71. The first kappa shape index (κ1) is 10.5. The van der Waals surface area contributed by atoms with Crippen LogP contribution in [-0.4, -0.2) is 5.71 Å².